The monoisotopic (exact) mass is 679 g/mol. The summed E-state index contributed by atoms with van der Waals surface area (Å²) in [7, 11) is 0. The third-order valence-electron chi connectivity index (χ3n) is 10.0. The number of rotatable bonds is 7. The normalized spacial score (nSPS) is 11.4. The van der Waals surface area contributed by atoms with E-state index in [4.69, 9.17) is 10.2 Å². The van der Waals surface area contributed by atoms with Gasteiger partial charge >= 0.3 is 0 Å². The fraction of sp³-hybridized carbons (Fsp3) is 0. The minimum absolute atomic E-state index is 0.795. The molecule has 0 amide bonds. The van der Waals surface area contributed by atoms with Gasteiger partial charge in [0.15, 0.2) is 11.6 Å². The highest BCUT2D eigenvalue weighted by Gasteiger charge is 2.21. The molecule has 0 aliphatic carbocycles. The van der Waals surface area contributed by atoms with Crippen molar-refractivity contribution in [2.24, 2.45) is 0 Å². The third-order valence-corrected chi connectivity index (χ3v) is 10.0. The lowest BCUT2D eigenvalue weighted by Gasteiger charge is -2.27. The van der Waals surface area contributed by atoms with Gasteiger partial charge in [0.1, 0.15) is 0 Å². The smallest absolute Gasteiger partial charge is 0.168 e. The van der Waals surface area contributed by atoms with Crippen LogP contribution in [0.5, 0.6) is 0 Å². The van der Waals surface area contributed by atoms with Crippen molar-refractivity contribution in [2.75, 3.05) is 4.90 Å². The summed E-state index contributed by atoms with van der Waals surface area (Å²) in [6.45, 7) is 0. The van der Waals surface area contributed by atoms with Crippen LogP contribution in [-0.2, 0) is 0 Å². The molecule has 0 atom stereocenters. The van der Waals surface area contributed by atoms with Gasteiger partial charge in [-0.2, -0.15) is 0 Å². The van der Waals surface area contributed by atoms with Crippen LogP contribution in [0, 0.1) is 0 Å². The molecule has 0 bridgehead atoms. The van der Waals surface area contributed by atoms with E-state index in [1.807, 2.05) is 36.4 Å². The Morgan fingerprint density at radius 1 is 0.340 bits per heavy atom. The lowest BCUT2D eigenvalue weighted by molar-refractivity contribution is 1.07. The first-order valence-corrected chi connectivity index (χ1v) is 17.9. The van der Waals surface area contributed by atoms with Gasteiger partial charge in [-0.25, -0.2) is 0 Å². The predicted octanol–water partition coefficient (Wildman–Crippen LogP) is 12.3. The second-order valence-electron chi connectivity index (χ2n) is 13.1. The van der Waals surface area contributed by atoms with E-state index in [1.54, 1.807) is 0 Å². The maximum Gasteiger partial charge on any atom is 0.168 e. The van der Waals surface area contributed by atoms with E-state index in [2.05, 4.69) is 178 Å². The van der Waals surface area contributed by atoms with Crippen molar-refractivity contribution < 1.29 is 0 Å². The number of aromatic nitrogens is 4. The molecule has 8 aromatic carbocycles. The van der Waals surface area contributed by atoms with E-state index in [-0.39, 0.29) is 0 Å². The Bertz CT molecular complexity index is 2760. The number of hydrogen-bond acceptors (Lipinski definition) is 3. The molecule has 0 spiro atoms. The lowest BCUT2D eigenvalue weighted by Crippen LogP contribution is -2.11. The Balaban J connectivity index is 1.14. The van der Waals surface area contributed by atoms with E-state index in [0.717, 1.165) is 56.6 Å². The summed E-state index contributed by atoms with van der Waals surface area (Å²) in [4.78, 5) is 2.35. The topological polar surface area (TPSA) is 38.9 Å². The number of anilines is 3. The Morgan fingerprint density at radius 3 is 1.42 bits per heavy atom. The van der Waals surface area contributed by atoms with Crippen molar-refractivity contribution in [2.45, 2.75) is 0 Å². The van der Waals surface area contributed by atoms with Crippen LogP contribution in [-0.4, -0.2) is 19.3 Å². The zero-order valence-electron chi connectivity index (χ0n) is 28.8. The summed E-state index contributed by atoms with van der Waals surface area (Å²) in [5.41, 5.74) is 9.76. The first-order valence-electron chi connectivity index (χ1n) is 17.9. The van der Waals surface area contributed by atoms with Gasteiger partial charge in [-0.3, -0.25) is 4.57 Å². The van der Waals surface area contributed by atoms with E-state index in [9.17, 15) is 0 Å². The summed E-state index contributed by atoms with van der Waals surface area (Å²) >= 11 is 0. The number of nitrogens with zero attached hydrogens (tertiary/aromatic N) is 5. The maximum atomic E-state index is 4.69. The second-order valence-corrected chi connectivity index (χ2v) is 13.1. The van der Waals surface area contributed by atoms with Gasteiger partial charge in [0.2, 0.25) is 0 Å². The molecule has 53 heavy (non-hydrogen) atoms. The van der Waals surface area contributed by atoms with Crippen molar-refractivity contribution in [1.82, 2.24) is 19.3 Å². The van der Waals surface area contributed by atoms with Crippen LogP contribution in [0.1, 0.15) is 0 Å². The highest BCUT2D eigenvalue weighted by molar-refractivity contribution is 6.11. The quantitative estimate of drug-likeness (QED) is 0.168. The molecule has 5 nitrogen and oxygen atoms in total. The molecule has 0 saturated heterocycles. The molecule has 10 rings (SSSR count). The van der Waals surface area contributed by atoms with Crippen molar-refractivity contribution in [3.63, 3.8) is 0 Å². The van der Waals surface area contributed by atoms with Gasteiger partial charge in [0.25, 0.3) is 0 Å². The van der Waals surface area contributed by atoms with Crippen LogP contribution in [0.15, 0.2) is 200 Å². The molecular formula is C48H33N5. The van der Waals surface area contributed by atoms with Gasteiger partial charge in [-0.05, 0) is 60.7 Å². The van der Waals surface area contributed by atoms with Crippen molar-refractivity contribution in [3.05, 3.63) is 200 Å². The van der Waals surface area contributed by atoms with E-state index >= 15 is 0 Å². The first kappa shape index (κ1) is 30.6. The average molecular weight is 680 g/mol. The zero-order valence-corrected chi connectivity index (χ0v) is 28.8. The number of fused-ring (bicyclic) bond motifs is 4. The fourth-order valence-corrected chi connectivity index (χ4v) is 7.68. The minimum Gasteiger partial charge on any atom is -0.310 e. The summed E-state index contributed by atoms with van der Waals surface area (Å²) in [6, 6.07) is 70.5. The molecular weight excluding hydrogens is 647 g/mol. The third kappa shape index (κ3) is 5.17. The molecule has 0 fully saturated rings. The van der Waals surface area contributed by atoms with Crippen LogP contribution in [0.25, 0.3) is 66.7 Å². The van der Waals surface area contributed by atoms with Crippen molar-refractivity contribution in [3.8, 4) is 34.2 Å². The summed E-state index contributed by atoms with van der Waals surface area (Å²) < 4.78 is 4.56. The van der Waals surface area contributed by atoms with Crippen LogP contribution in [0.3, 0.4) is 0 Å². The minimum atomic E-state index is 0.795. The van der Waals surface area contributed by atoms with Crippen molar-refractivity contribution >= 4 is 49.6 Å². The van der Waals surface area contributed by atoms with Gasteiger partial charge < -0.3 is 9.47 Å². The largest absolute Gasteiger partial charge is 0.310 e. The van der Waals surface area contributed by atoms with Crippen LogP contribution in [0.2, 0.25) is 0 Å². The molecule has 0 saturated carbocycles. The van der Waals surface area contributed by atoms with Crippen LogP contribution in [0.4, 0.5) is 17.1 Å². The van der Waals surface area contributed by atoms with Crippen LogP contribution >= 0.6 is 0 Å². The Hall–Kier alpha value is -7.24. The maximum absolute atomic E-state index is 4.69. The second kappa shape index (κ2) is 12.8. The molecule has 2 heterocycles. The summed E-state index contributed by atoms with van der Waals surface area (Å²) in [5.74, 6) is 1.59. The van der Waals surface area contributed by atoms with E-state index in [0.29, 0.717) is 0 Å². The van der Waals surface area contributed by atoms with Crippen molar-refractivity contribution in [1.29, 1.82) is 0 Å². The lowest BCUT2D eigenvalue weighted by atomic mass is 10.0. The number of hydrogen-bond donors (Lipinski definition) is 0. The number of para-hydroxylation sites is 3. The molecule has 5 heteroatoms. The molecule has 0 unspecified atom stereocenters. The Labute approximate surface area is 307 Å². The van der Waals surface area contributed by atoms with Gasteiger partial charge in [-0.15, -0.1) is 10.2 Å². The van der Waals surface area contributed by atoms with Gasteiger partial charge in [0.05, 0.1) is 22.4 Å². The fourth-order valence-electron chi connectivity index (χ4n) is 7.68. The van der Waals surface area contributed by atoms with E-state index in [1.165, 1.54) is 27.2 Å². The van der Waals surface area contributed by atoms with Crippen LogP contribution < -0.4 is 4.90 Å². The Kier molecular flexibility index (Phi) is 7.40. The molecule has 0 aliphatic heterocycles. The van der Waals surface area contributed by atoms with E-state index < -0.39 is 0 Å². The summed E-state index contributed by atoms with van der Waals surface area (Å²) in [6.07, 6.45) is 0. The zero-order chi connectivity index (χ0) is 35.1. The standard InChI is InChI=1S/C48H33N5/c1-4-16-34(17-5-1)47-49-50-48(35-18-6-2-7-19-35)52(47)38-32-30-37(31-33-38)51(36-20-8-3-9-21-36)43-28-14-25-42-41(43)24-15-29-46(42)53-44-26-12-10-22-39(44)40-23-11-13-27-45(40)53/h1-33H. The molecule has 2 aromatic heterocycles. The predicted molar refractivity (Wildman–Crippen MR) is 219 cm³/mol. The highest BCUT2D eigenvalue weighted by atomic mass is 15.3. The average Bonchev–Trinajstić information content (AvgIpc) is 3.83. The Morgan fingerprint density at radius 2 is 0.811 bits per heavy atom. The number of benzene rings is 8. The molecule has 10 aromatic rings. The molecule has 0 radical (unpaired) electrons. The highest BCUT2D eigenvalue weighted by Crippen LogP contribution is 2.42. The molecule has 250 valence electrons. The summed E-state index contributed by atoms with van der Waals surface area (Å²) in [5, 5.41) is 14.2. The van der Waals surface area contributed by atoms with Gasteiger partial charge in [-0.1, -0.05) is 140 Å². The molecule has 0 N–H and O–H groups in total. The van der Waals surface area contributed by atoms with Gasteiger partial charge in [0, 0.05) is 49.7 Å². The molecule has 0 aliphatic rings. The first-order chi connectivity index (χ1) is 26.3. The SMILES string of the molecule is c1ccc(-c2nnc(-c3ccccc3)n2-c2ccc(N(c3ccccc3)c3cccc4c(-n5c6ccccc6c6ccccc65)cccc34)cc2)cc1.